The highest BCUT2D eigenvalue weighted by Gasteiger charge is 2.24. The number of rotatable bonds is 6. The van der Waals surface area contributed by atoms with E-state index in [0.29, 0.717) is 11.7 Å². The van der Waals surface area contributed by atoms with E-state index in [0.717, 1.165) is 12.3 Å². The molecule has 1 N–H and O–H groups in total. The van der Waals surface area contributed by atoms with Crippen LogP contribution in [0.4, 0.5) is 4.39 Å². The first-order valence-corrected chi connectivity index (χ1v) is 5.60. The SMILES string of the molecule is C=C(NC(C)CC1CC1)C(F)C(C)C. The Morgan fingerprint density at radius 1 is 1.43 bits per heavy atom. The summed E-state index contributed by atoms with van der Waals surface area (Å²) in [5, 5.41) is 3.16. The molecule has 1 nitrogen and oxygen atoms in total. The van der Waals surface area contributed by atoms with Crippen LogP contribution in [0.15, 0.2) is 12.3 Å². The van der Waals surface area contributed by atoms with E-state index in [4.69, 9.17) is 0 Å². The molecule has 0 saturated heterocycles. The molecule has 2 heteroatoms. The van der Waals surface area contributed by atoms with Gasteiger partial charge in [0.1, 0.15) is 6.17 Å². The molecule has 0 aromatic carbocycles. The molecule has 0 aromatic rings. The lowest BCUT2D eigenvalue weighted by molar-refractivity contribution is 0.279. The van der Waals surface area contributed by atoms with Crippen molar-refractivity contribution in [2.24, 2.45) is 11.8 Å². The summed E-state index contributed by atoms with van der Waals surface area (Å²) in [6.45, 7) is 9.62. The van der Waals surface area contributed by atoms with Gasteiger partial charge in [-0.3, -0.25) is 0 Å². The molecule has 0 bridgehead atoms. The molecule has 1 saturated carbocycles. The molecule has 2 unspecified atom stereocenters. The fraction of sp³-hybridized carbons (Fsp3) is 0.833. The molecule has 0 amide bonds. The van der Waals surface area contributed by atoms with Crippen molar-refractivity contribution in [1.29, 1.82) is 0 Å². The molecular formula is C12H22FN. The van der Waals surface area contributed by atoms with Crippen LogP contribution in [0.25, 0.3) is 0 Å². The van der Waals surface area contributed by atoms with Gasteiger partial charge in [-0.2, -0.15) is 0 Å². The predicted molar refractivity (Wildman–Crippen MR) is 58.8 cm³/mol. The minimum absolute atomic E-state index is 0.0168. The molecular weight excluding hydrogens is 177 g/mol. The fourth-order valence-electron chi connectivity index (χ4n) is 1.71. The first kappa shape index (κ1) is 11.5. The van der Waals surface area contributed by atoms with Crippen LogP contribution in [0.5, 0.6) is 0 Å². The van der Waals surface area contributed by atoms with E-state index in [1.807, 2.05) is 13.8 Å². The molecule has 0 aliphatic heterocycles. The summed E-state index contributed by atoms with van der Waals surface area (Å²) in [5.74, 6) is 0.894. The van der Waals surface area contributed by atoms with E-state index in [-0.39, 0.29) is 5.92 Å². The summed E-state index contributed by atoms with van der Waals surface area (Å²) in [7, 11) is 0. The Hall–Kier alpha value is -0.530. The third kappa shape index (κ3) is 3.69. The van der Waals surface area contributed by atoms with Crippen molar-refractivity contribution in [3.8, 4) is 0 Å². The van der Waals surface area contributed by atoms with Crippen molar-refractivity contribution < 1.29 is 4.39 Å². The predicted octanol–water partition coefficient (Wildman–Crippen LogP) is 3.27. The topological polar surface area (TPSA) is 12.0 Å². The maximum atomic E-state index is 13.5. The van der Waals surface area contributed by atoms with Crippen LogP contribution in [-0.4, -0.2) is 12.2 Å². The van der Waals surface area contributed by atoms with Crippen LogP contribution in [0.3, 0.4) is 0 Å². The van der Waals surface area contributed by atoms with Crippen molar-refractivity contribution >= 4 is 0 Å². The lowest BCUT2D eigenvalue weighted by Crippen LogP contribution is -2.31. The number of nitrogens with one attached hydrogen (secondary N) is 1. The quantitative estimate of drug-likeness (QED) is 0.692. The van der Waals surface area contributed by atoms with Crippen molar-refractivity contribution in [2.75, 3.05) is 0 Å². The van der Waals surface area contributed by atoms with E-state index in [1.165, 1.54) is 12.8 Å². The zero-order valence-electron chi connectivity index (χ0n) is 9.52. The third-order valence-corrected chi connectivity index (χ3v) is 2.73. The van der Waals surface area contributed by atoms with Crippen LogP contribution in [-0.2, 0) is 0 Å². The molecule has 0 heterocycles. The molecule has 1 rings (SSSR count). The van der Waals surface area contributed by atoms with E-state index in [2.05, 4.69) is 18.8 Å². The van der Waals surface area contributed by atoms with E-state index in [1.54, 1.807) is 0 Å². The summed E-state index contributed by atoms with van der Waals surface area (Å²) < 4.78 is 13.5. The highest BCUT2D eigenvalue weighted by Crippen LogP contribution is 2.33. The summed E-state index contributed by atoms with van der Waals surface area (Å²) in [4.78, 5) is 0. The van der Waals surface area contributed by atoms with E-state index >= 15 is 0 Å². The Morgan fingerprint density at radius 3 is 2.43 bits per heavy atom. The Labute approximate surface area is 86.8 Å². The van der Waals surface area contributed by atoms with Gasteiger partial charge in [0.15, 0.2) is 0 Å². The molecule has 0 aromatic heterocycles. The van der Waals surface area contributed by atoms with Crippen molar-refractivity contribution in [3.63, 3.8) is 0 Å². The Bertz CT molecular complexity index is 196. The minimum atomic E-state index is -0.920. The van der Waals surface area contributed by atoms with Crippen LogP contribution in [0.1, 0.15) is 40.0 Å². The number of allylic oxidation sites excluding steroid dienone is 1. The zero-order chi connectivity index (χ0) is 10.7. The summed E-state index contributed by atoms with van der Waals surface area (Å²) >= 11 is 0. The van der Waals surface area contributed by atoms with Crippen molar-refractivity contribution in [3.05, 3.63) is 12.3 Å². The molecule has 14 heavy (non-hydrogen) atoms. The highest BCUT2D eigenvalue weighted by atomic mass is 19.1. The Balaban J connectivity index is 2.23. The molecule has 1 fully saturated rings. The fourth-order valence-corrected chi connectivity index (χ4v) is 1.71. The second-order valence-corrected chi connectivity index (χ2v) is 4.90. The smallest absolute Gasteiger partial charge is 0.141 e. The lowest BCUT2D eigenvalue weighted by Gasteiger charge is -2.21. The van der Waals surface area contributed by atoms with Crippen molar-refractivity contribution in [1.82, 2.24) is 5.32 Å². The van der Waals surface area contributed by atoms with E-state index < -0.39 is 6.17 Å². The van der Waals surface area contributed by atoms with Gasteiger partial charge in [0.25, 0.3) is 0 Å². The maximum Gasteiger partial charge on any atom is 0.141 e. The Morgan fingerprint density at radius 2 is 2.00 bits per heavy atom. The summed E-state index contributed by atoms with van der Waals surface area (Å²) in [5.41, 5.74) is 0.549. The van der Waals surface area contributed by atoms with Crippen LogP contribution in [0.2, 0.25) is 0 Å². The molecule has 1 aliphatic carbocycles. The molecule has 82 valence electrons. The second-order valence-electron chi connectivity index (χ2n) is 4.90. The molecule has 1 aliphatic rings. The van der Waals surface area contributed by atoms with Gasteiger partial charge in [-0.25, -0.2) is 4.39 Å². The normalized spacial score (nSPS) is 20.6. The van der Waals surface area contributed by atoms with Crippen molar-refractivity contribution in [2.45, 2.75) is 52.2 Å². The summed E-state index contributed by atoms with van der Waals surface area (Å²) in [6.07, 6.45) is 2.93. The lowest BCUT2D eigenvalue weighted by atomic mass is 10.1. The average molecular weight is 199 g/mol. The monoisotopic (exact) mass is 199 g/mol. The zero-order valence-corrected chi connectivity index (χ0v) is 9.52. The number of hydrogen-bond acceptors (Lipinski definition) is 1. The maximum absolute atomic E-state index is 13.5. The number of hydrogen-bond donors (Lipinski definition) is 1. The first-order chi connectivity index (χ1) is 6.50. The Kier molecular flexibility index (Phi) is 3.97. The van der Waals surface area contributed by atoms with Gasteiger partial charge in [-0.05, 0) is 25.2 Å². The van der Waals surface area contributed by atoms with Gasteiger partial charge in [0.2, 0.25) is 0 Å². The van der Waals surface area contributed by atoms with Gasteiger partial charge < -0.3 is 5.32 Å². The molecule has 0 spiro atoms. The largest absolute Gasteiger partial charge is 0.384 e. The van der Waals surface area contributed by atoms with Crippen LogP contribution < -0.4 is 5.32 Å². The van der Waals surface area contributed by atoms with Gasteiger partial charge in [-0.1, -0.05) is 33.3 Å². The van der Waals surface area contributed by atoms with Gasteiger partial charge in [0, 0.05) is 11.7 Å². The molecule has 0 radical (unpaired) electrons. The summed E-state index contributed by atoms with van der Waals surface area (Å²) in [6, 6.07) is 0.368. The van der Waals surface area contributed by atoms with Gasteiger partial charge >= 0.3 is 0 Å². The third-order valence-electron chi connectivity index (χ3n) is 2.73. The average Bonchev–Trinajstić information content (AvgIpc) is 2.86. The van der Waals surface area contributed by atoms with Crippen LogP contribution >= 0.6 is 0 Å². The first-order valence-electron chi connectivity index (χ1n) is 5.60. The number of alkyl halides is 1. The standard InChI is InChI=1S/C12H22FN/c1-8(2)12(13)10(4)14-9(3)7-11-5-6-11/h8-9,11-12,14H,4-7H2,1-3H3. The van der Waals surface area contributed by atoms with Crippen LogP contribution in [0, 0.1) is 11.8 Å². The number of halogens is 1. The highest BCUT2D eigenvalue weighted by molar-refractivity contribution is 5.02. The van der Waals surface area contributed by atoms with Gasteiger partial charge in [0.05, 0.1) is 0 Å². The molecule has 2 atom stereocenters. The second kappa shape index (κ2) is 4.81. The minimum Gasteiger partial charge on any atom is -0.384 e. The van der Waals surface area contributed by atoms with E-state index in [9.17, 15) is 4.39 Å². The van der Waals surface area contributed by atoms with Gasteiger partial charge in [-0.15, -0.1) is 0 Å².